The number of likely N-dealkylation sites (tertiary alicyclic amines) is 1. The second-order valence-corrected chi connectivity index (χ2v) is 10.4. The molecule has 1 aliphatic heterocycles. The highest BCUT2D eigenvalue weighted by Crippen LogP contribution is 2.40. The number of ether oxygens (including phenoxy) is 1. The van der Waals surface area contributed by atoms with Crippen LogP contribution in [0.3, 0.4) is 0 Å². The fraction of sp³-hybridized carbons (Fsp3) is 0.625. The van der Waals surface area contributed by atoms with Crippen LogP contribution in [0.15, 0.2) is 22.8 Å². The van der Waals surface area contributed by atoms with Crippen molar-refractivity contribution in [3.63, 3.8) is 0 Å². The van der Waals surface area contributed by atoms with E-state index in [1.54, 1.807) is 19.1 Å². The molecule has 2 unspecified atom stereocenters. The van der Waals surface area contributed by atoms with E-state index in [9.17, 15) is 9.59 Å². The molecule has 1 aromatic rings. The lowest BCUT2D eigenvalue weighted by atomic mass is 9.96. The number of carbonyl (C=O) groups is 2. The monoisotopic (exact) mass is 339 g/mol. The average Bonchev–Trinajstić information content (AvgIpc) is 3.07. The molecule has 6 nitrogen and oxygen atoms in total. The summed E-state index contributed by atoms with van der Waals surface area (Å²) in [4.78, 5) is 25.7. The van der Waals surface area contributed by atoms with Gasteiger partial charge in [-0.15, -0.1) is 0 Å². The molecule has 1 fully saturated rings. The molecular formula is C16H25NO5Si. The number of rotatable bonds is 7. The van der Waals surface area contributed by atoms with Crippen LogP contribution in [0.25, 0.3) is 0 Å². The Morgan fingerprint density at radius 1 is 1.26 bits per heavy atom. The van der Waals surface area contributed by atoms with E-state index in [0.29, 0.717) is 5.76 Å². The van der Waals surface area contributed by atoms with Gasteiger partial charge < -0.3 is 13.6 Å². The molecule has 0 saturated carbocycles. The summed E-state index contributed by atoms with van der Waals surface area (Å²) in [6.45, 7) is 8.24. The molecule has 2 heterocycles. The first-order chi connectivity index (χ1) is 11.0. The van der Waals surface area contributed by atoms with E-state index in [0.717, 1.165) is 23.0 Å². The molecule has 0 N–H and O–H groups in total. The van der Waals surface area contributed by atoms with Crippen LogP contribution in [0.1, 0.15) is 39.5 Å². The average molecular weight is 339 g/mol. The molecule has 7 heteroatoms. The molecule has 2 amide bonds. The van der Waals surface area contributed by atoms with Crippen molar-refractivity contribution in [2.24, 2.45) is 0 Å². The van der Waals surface area contributed by atoms with Crippen molar-refractivity contribution in [3.05, 3.63) is 24.2 Å². The van der Waals surface area contributed by atoms with Gasteiger partial charge in [0.2, 0.25) is 0 Å². The summed E-state index contributed by atoms with van der Waals surface area (Å²) in [6.07, 6.45) is 0.232. The van der Waals surface area contributed by atoms with E-state index >= 15 is 0 Å². The van der Waals surface area contributed by atoms with Crippen LogP contribution in [0.5, 0.6) is 0 Å². The van der Waals surface area contributed by atoms with Gasteiger partial charge >= 0.3 is 6.09 Å². The van der Waals surface area contributed by atoms with Gasteiger partial charge in [0, 0.05) is 0 Å². The van der Waals surface area contributed by atoms with Crippen molar-refractivity contribution >= 4 is 20.3 Å². The zero-order chi connectivity index (χ0) is 17.0. The second kappa shape index (κ2) is 7.31. The minimum atomic E-state index is -1.97. The Morgan fingerprint density at radius 2 is 1.91 bits per heavy atom. The van der Waals surface area contributed by atoms with Crippen molar-refractivity contribution in [1.82, 2.24) is 4.90 Å². The van der Waals surface area contributed by atoms with Crippen LogP contribution in [0.2, 0.25) is 18.1 Å². The largest absolute Gasteiger partial charge is 0.467 e. The maximum atomic E-state index is 12.5. The zero-order valence-corrected chi connectivity index (χ0v) is 15.2. The molecule has 23 heavy (non-hydrogen) atoms. The lowest BCUT2D eigenvalue weighted by Gasteiger charge is -2.46. The Kier molecular flexibility index (Phi) is 5.64. The predicted molar refractivity (Wildman–Crippen MR) is 87.4 cm³/mol. The number of nitrogens with zero attached hydrogens (tertiary/aromatic N) is 1. The van der Waals surface area contributed by atoms with Gasteiger partial charge in [-0.3, -0.25) is 4.79 Å². The maximum absolute atomic E-state index is 12.5. The molecule has 1 aliphatic rings. The molecule has 2 rings (SSSR count). The lowest BCUT2D eigenvalue weighted by Crippen LogP contribution is -2.64. The summed E-state index contributed by atoms with van der Waals surface area (Å²) >= 11 is 0. The van der Waals surface area contributed by atoms with E-state index in [4.69, 9.17) is 13.6 Å². The molecule has 0 bridgehead atoms. The van der Waals surface area contributed by atoms with Crippen molar-refractivity contribution < 1.29 is 23.2 Å². The lowest BCUT2D eigenvalue weighted by molar-refractivity contribution is -0.162. The number of amides is 2. The maximum Gasteiger partial charge on any atom is 0.417 e. The van der Waals surface area contributed by atoms with Crippen molar-refractivity contribution in [3.8, 4) is 0 Å². The standard InChI is InChI=1S/C16H25NO5Si/c1-5-20-16(19)17-13(12-10-9-11-21-12)14(15(17)18)22-23(6-2,7-3)8-4/h9-11,13-14H,5-8H2,1-4H3. The van der Waals surface area contributed by atoms with Crippen LogP contribution >= 0.6 is 0 Å². The molecular weight excluding hydrogens is 314 g/mol. The van der Waals surface area contributed by atoms with Gasteiger partial charge in [0.1, 0.15) is 11.8 Å². The fourth-order valence-corrected chi connectivity index (χ4v) is 5.75. The Balaban J connectivity index is 2.25. The SMILES string of the molecule is CCOC(=O)N1C(=O)C(O[Si](CC)(CC)CC)C1c1ccco1. The summed E-state index contributed by atoms with van der Waals surface area (Å²) in [5, 5.41) is 0. The van der Waals surface area contributed by atoms with E-state index in [2.05, 4.69) is 20.8 Å². The number of carbonyl (C=O) groups excluding carboxylic acids is 2. The molecule has 1 saturated heterocycles. The summed E-state index contributed by atoms with van der Waals surface area (Å²) < 4.78 is 16.7. The highest BCUT2D eigenvalue weighted by molar-refractivity contribution is 6.73. The Hall–Kier alpha value is -1.60. The number of β-lactam (4-membered cyclic amide) rings is 1. The summed E-state index contributed by atoms with van der Waals surface area (Å²) in [5.41, 5.74) is 0. The first-order valence-corrected chi connectivity index (χ1v) is 10.8. The van der Waals surface area contributed by atoms with Crippen LogP contribution in [-0.4, -0.2) is 37.9 Å². The molecule has 0 aliphatic carbocycles. The fourth-order valence-electron chi connectivity index (χ4n) is 2.98. The first-order valence-electron chi connectivity index (χ1n) is 8.24. The number of imide groups is 1. The van der Waals surface area contributed by atoms with Gasteiger partial charge in [-0.2, -0.15) is 0 Å². The van der Waals surface area contributed by atoms with Gasteiger partial charge in [-0.25, -0.2) is 9.69 Å². The smallest absolute Gasteiger partial charge is 0.417 e. The summed E-state index contributed by atoms with van der Waals surface area (Å²) in [7, 11) is -1.97. The van der Waals surface area contributed by atoms with Crippen molar-refractivity contribution in [1.29, 1.82) is 0 Å². The van der Waals surface area contributed by atoms with E-state index in [1.165, 1.54) is 6.26 Å². The van der Waals surface area contributed by atoms with Crippen LogP contribution in [0.4, 0.5) is 4.79 Å². The molecule has 0 spiro atoms. The predicted octanol–water partition coefficient (Wildman–Crippen LogP) is 3.71. The van der Waals surface area contributed by atoms with E-state index < -0.39 is 26.6 Å². The second-order valence-electron chi connectivity index (χ2n) is 5.65. The minimum absolute atomic E-state index is 0.219. The molecule has 2 atom stereocenters. The zero-order valence-electron chi connectivity index (χ0n) is 14.2. The first kappa shape index (κ1) is 17.7. The molecule has 0 aromatic carbocycles. The van der Waals surface area contributed by atoms with E-state index in [-0.39, 0.29) is 12.5 Å². The minimum Gasteiger partial charge on any atom is -0.467 e. The van der Waals surface area contributed by atoms with Gasteiger partial charge in [0.15, 0.2) is 14.4 Å². The summed E-state index contributed by atoms with van der Waals surface area (Å²) in [5.74, 6) is 0.214. The third-order valence-corrected chi connectivity index (χ3v) is 9.27. The Morgan fingerprint density at radius 3 is 2.39 bits per heavy atom. The normalized spacial score (nSPS) is 21.2. The van der Waals surface area contributed by atoms with Crippen LogP contribution in [0, 0.1) is 0 Å². The summed E-state index contributed by atoms with van der Waals surface area (Å²) in [6, 6.07) is 5.78. The van der Waals surface area contributed by atoms with Gasteiger partial charge in [-0.05, 0) is 37.2 Å². The third kappa shape index (κ3) is 3.21. The highest BCUT2D eigenvalue weighted by atomic mass is 28.4. The third-order valence-electron chi connectivity index (χ3n) is 4.65. The molecule has 128 valence electrons. The van der Waals surface area contributed by atoms with E-state index in [1.807, 2.05) is 0 Å². The van der Waals surface area contributed by atoms with Gasteiger partial charge in [-0.1, -0.05) is 20.8 Å². The van der Waals surface area contributed by atoms with Gasteiger partial charge in [0.25, 0.3) is 5.91 Å². The Labute approximate surface area is 137 Å². The highest BCUT2D eigenvalue weighted by Gasteiger charge is 2.56. The topological polar surface area (TPSA) is 69.0 Å². The van der Waals surface area contributed by atoms with Crippen molar-refractivity contribution in [2.45, 2.75) is 58.0 Å². The van der Waals surface area contributed by atoms with Crippen molar-refractivity contribution in [2.75, 3.05) is 6.61 Å². The van der Waals surface area contributed by atoms with Gasteiger partial charge in [0.05, 0.1) is 12.9 Å². The number of furan rings is 1. The van der Waals surface area contributed by atoms with Crippen LogP contribution < -0.4 is 0 Å². The number of hydrogen-bond donors (Lipinski definition) is 0. The quantitative estimate of drug-likeness (QED) is 0.559. The molecule has 0 radical (unpaired) electrons. The Bertz CT molecular complexity index is 532. The van der Waals surface area contributed by atoms with Crippen LogP contribution in [-0.2, 0) is 14.0 Å². The molecule has 1 aromatic heterocycles. The number of hydrogen-bond acceptors (Lipinski definition) is 5.